The van der Waals surface area contributed by atoms with Crippen LogP contribution in [0.4, 0.5) is 11.4 Å². The molecule has 18 heavy (non-hydrogen) atoms. The van der Waals surface area contributed by atoms with Crippen LogP contribution in [0.1, 0.15) is 10.4 Å². The Hall–Kier alpha value is -2.17. The van der Waals surface area contributed by atoms with Crippen LogP contribution in [0.2, 0.25) is 0 Å². The third-order valence-corrected chi connectivity index (χ3v) is 2.75. The van der Waals surface area contributed by atoms with Gasteiger partial charge in [0.25, 0.3) is 0 Å². The van der Waals surface area contributed by atoms with Crippen molar-refractivity contribution in [3.8, 4) is 0 Å². The van der Waals surface area contributed by atoms with E-state index >= 15 is 0 Å². The van der Waals surface area contributed by atoms with Crippen LogP contribution in [-0.2, 0) is 9.53 Å². The molecule has 0 bridgehead atoms. The van der Waals surface area contributed by atoms with Gasteiger partial charge in [-0.05, 0) is 18.2 Å². The van der Waals surface area contributed by atoms with Crippen molar-refractivity contribution >= 4 is 23.4 Å². The highest BCUT2D eigenvalue weighted by atomic mass is 16.5. The first-order valence-electron chi connectivity index (χ1n) is 5.50. The molecule has 2 rings (SSSR count). The molecule has 0 atom stereocenters. The average Bonchev–Trinajstić information content (AvgIpc) is 2.40. The second-order valence-electron chi connectivity index (χ2n) is 3.81. The van der Waals surface area contributed by atoms with Crippen LogP contribution >= 0.6 is 0 Å². The molecule has 6 heteroatoms. The first-order valence-corrected chi connectivity index (χ1v) is 5.50. The van der Waals surface area contributed by atoms with E-state index in [9.17, 15) is 9.59 Å². The molecule has 1 saturated heterocycles. The number of ether oxygens (including phenoxy) is 1. The molecule has 0 radical (unpaired) electrons. The number of anilines is 1. The SMILES string of the molecule is O=C=Nc1cc(N2CCOCC2)ccc1C(=O)O. The maximum Gasteiger partial charge on any atom is 0.337 e. The molecular formula is C12H12N2O4. The van der Waals surface area contributed by atoms with Gasteiger partial charge >= 0.3 is 5.97 Å². The monoisotopic (exact) mass is 248 g/mol. The van der Waals surface area contributed by atoms with E-state index < -0.39 is 5.97 Å². The van der Waals surface area contributed by atoms with Gasteiger partial charge in [0.05, 0.1) is 24.5 Å². The van der Waals surface area contributed by atoms with E-state index in [1.807, 2.05) is 0 Å². The number of morpholine rings is 1. The number of benzene rings is 1. The van der Waals surface area contributed by atoms with Gasteiger partial charge in [-0.2, -0.15) is 4.99 Å². The van der Waals surface area contributed by atoms with Crippen molar-refractivity contribution < 1.29 is 19.4 Å². The van der Waals surface area contributed by atoms with Crippen LogP contribution in [0.3, 0.4) is 0 Å². The van der Waals surface area contributed by atoms with Gasteiger partial charge < -0.3 is 14.7 Å². The molecule has 1 aromatic carbocycles. The number of carboxylic acid groups (broad SMARTS) is 1. The number of isocyanates is 1. The number of carboxylic acids is 1. The van der Waals surface area contributed by atoms with Gasteiger partial charge in [-0.25, -0.2) is 9.59 Å². The Labute approximate surface area is 104 Å². The summed E-state index contributed by atoms with van der Waals surface area (Å²) in [6.45, 7) is 2.73. The summed E-state index contributed by atoms with van der Waals surface area (Å²) in [6.07, 6.45) is 1.38. The van der Waals surface area contributed by atoms with Gasteiger partial charge in [0.1, 0.15) is 0 Å². The standard InChI is InChI=1S/C12H12N2O4/c15-8-13-11-7-9(1-2-10(11)12(16)17)14-3-5-18-6-4-14/h1-2,7H,3-6H2,(H,16,17). The van der Waals surface area contributed by atoms with E-state index in [-0.39, 0.29) is 11.3 Å². The van der Waals surface area contributed by atoms with Crippen molar-refractivity contribution in [2.45, 2.75) is 0 Å². The summed E-state index contributed by atoms with van der Waals surface area (Å²) in [5.41, 5.74) is 0.953. The third kappa shape index (κ3) is 2.56. The largest absolute Gasteiger partial charge is 0.478 e. The molecule has 0 spiro atoms. The minimum Gasteiger partial charge on any atom is -0.478 e. The van der Waals surface area contributed by atoms with Gasteiger partial charge in [0.15, 0.2) is 0 Å². The lowest BCUT2D eigenvalue weighted by Crippen LogP contribution is -2.36. The zero-order valence-corrected chi connectivity index (χ0v) is 9.63. The second kappa shape index (κ2) is 5.44. The molecule has 1 aromatic rings. The Balaban J connectivity index is 2.35. The normalized spacial score (nSPS) is 15.0. The molecule has 1 fully saturated rings. The lowest BCUT2D eigenvalue weighted by atomic mass is 10.1. The van der Waals surface area contributed by atoms with E-state index in [1.54, 1.807) is 12.1 Å². The molecule has 6 nitrogen and oxygen atoms in total. The first-order chi connectivity index (χ1) is 8.72. The van der Waals surface area contributed by atoms with E-state index in [0.717, 1.165) is 18.8 Å². The van der Waals surface area contributed by atoms with Crippen molar-refractivity contribution in [3.63, 3.8) is 0 Å². The van der Waals surface area contributed by atoms with Crippen LogP contribution in [0, 0.1) is 0 Å². The minimum absolute atomic E-state index is 0.00430. The van der Waals surface area contributed by atoms with Gasteiger partial charge in [-0.1, -0.05) is 0 Å². The van der Waals surface area contributed by atoms with Gasteiger partial charge in [-0.15, -0.1) is 0 Å². The molecule has 0 aromatic heterocycles. The summed E-state index contributed by atoms with van der Waals surface area (Å²) < 4.78 is 5.24. The van der Waals surface area contributed by atoms with Crippen LogP contribution in [-0.4, -0.2) is 43.5 Å². The minimum atomic E-state index is -1.11. The van der Waals surface area contributed by atoms with Crippen molar-refractivity contribution in [2.24, 2.45) is 4.99 Å². The third-order valence-electron chi connectivity index (χ3n) is 2.75. The second-order valence-corrected chi connectivity index (χ2v) is 3.81. The summed E-state index contributed by atoms with van der Waals surface area (Å²) in [7, 11) is 0. The summed E-state index contributed by atoms with van der Waals surface area (Å²) in [4.78, 5) is 26.8. The Morgan fingerprint density at radius 1 is 1.39 bits per heavy atom. The number of hydrogen-bond acceptors (Lipinski definition) is 5. The molecule has 1 aliphatic rings. The fourth-order valence-electron chi connectivity index (χ4n) is 1.86. The number of hydrogen-bond donors (Lipinski definition) is 1. The zero-order valence-electron chi connectivity index (χ0n) is 9.63. The molecule has 0 aliphatic carbocycles. The highest BCUT2D eigenvalue weighted by Gasteiger charge is 2.15. The van der Waals surface area contributed by atoms with E-state index in [0.29, 0.717) is 13.2 Å². The van der Waals surface area contributed by atoms with Crippen molar-refractivity contribution in [1.82, 2.24) is 0 Å². The highest BCUT2D eigenvalue weighted by Crippen LogP contribution is 2.26. The van der Waals surface area contributed by atoms with Gasteiger partial charge in [0.2, 0.25) is 6.08 Å². The highest BCUT2D eigenvalue weighted by molar-refractivity contribution is 5.94. The number of rotatable bonds is 3. The Morgan fingerprint density at radius 3 is 2.72 bits per heavy atom. The number of aliphatic imine (C=N–C) groups is 1. The maximum atomic E-state index is 11.0. The van der Waals surface area contributed by atoms with Crippen LogP contribution < -0.4 is 4.90 Å². The Bertz CT molecular complexity index is 503. The number of nitrogens with zero attached hydrogens (tertiary/aromatic N) is 2. The molecule has 0 amide bonds. The molecule has 94 valence electrons. The molecule has 1 N–H and O–H groups in total. The fraction of sp³-hybridized carbons (Fsp3) is 0.333. The van der Waals surface area contributed by atoms with E-state index in [4.69, 9.17) is 9.84 Å². The number of carbonyl (C=O) groups is 1. The Morgan fingerprint density at radius 2 is 2.11 bits per heavy atom. The molecule has 0 saturated carbocycles. The van der Waals surface area contributed by atoms with Crippen LogP contribution in [0.5, 0.6) is 0 Å². The van der Waals surface area contributed by atoms with Crippen LogP contribution in [0.25, 0.3) is 0 Å². The fourth-order valence-corrected chi connectivity index (χ4v) is 1.86. The molecular weight excluding hydrogens is 236 g/mol. The number of carbonyl (C=O) groups excluding carboxylic acids is 1. The maximum absolute atomic E-state index is 11.0. The van der Waals surface area contributed by atoms with Crippen molar-refractivity contribution in [1.29, 1.82) is 0 Å². The molecule has 0 unspecified atom stereocenters. The summed E-state index contributed by atoms with van der Waals surface area (Å²) in [5, 5.41) is 8.97. The topological polar surface area (TPSA) is 79.2 Å². The predicted octanol–water partition coefficient (Wildman–Crippen LogP) is 1.19. The Kier molecular flexibility index (Phi) is 3.72. The van der Waals surface area contributed by atoms with Gasteiger partial charge in [-0.3, -0.25) is 0 Å². The lowest BCUT2D eigenvalue weighted by molar-refractivity contribution is 0.0698. The van der Waals surface area contributed by atoms with Crippen molar-refractivity contribution in [3.05, 3.63) is 23.8 Å². The number of aromatic carboxylic acids is 1. The smallest absolute Gasteiger partial charge is 0.337 e. The summed E-state index contributed by atoms with van der Waals surface area (Å²) in [6, 6.07) is 4.74. The molecule has 1 heterocycles. The van der Waals surface area contributed by atoms with Crippen molar-refractivity contribution in [2.75, 3.05) is 31.2 Å². The predicted molar refractivity (Wildman–Crippen MR) is 64.2 cm³/mol. The molecule has 1 aliphatic heterocycles. The summed E-state index contributed by atoms with van der Waals surface area (Å²) >= 11 is 0. The van der Waals surface area contributed by atoms with Gasteiger partial charge in [0, 0.05) is 18.8 Å². The van der Waals surface area contributed by atoms with Crippen LogP contribution in [0.15, 0.2) is 23.2 Å². The summed E-state index contributed by atoms with van der Waals surface area (Å²) in [5.74, 6) is -1.11. The van der Waals surface area contributed by atoms with E-state index in [2.05, 4.69) is 9.89 Å². The quantitative estimate of drug-likeness (QED) is 0.642. The lowest BCUT2D eigenvalue weighted by Gasteiger charge is -2.29. The zero-order chi connectivity index (χ0) is 13.0. The van der Waals surface area contributed by atoms with E-state index in [1.165, 1.54) is 12.1 Å². The first kappa shape index (κ1) is 12.3. The average molecular weight is 248 g/mol.